The molecule has 1 aliphatic heterocycles. The molecule has 2 N–H and O–H groups in total. The van der Waals surface area contributed by atoms with Crippen molar-refractivity contribution in [2.24, 2.45) is 0 Å². The molecule has 86 valence electrons. The second-order valence-electron chi connectivity index (χ2n) is 4.61. The molecule has 0 aromatic carbocycles. The molecule has 1 amide bonds. The molecular weight excluding hydrogens is 220 g/mol. The van der Waals surface area contributed by atoms with E-state index >= 15 is 0 Å². The summed E-state index contributed by atoms with van der Waals surface area (Å²) in [6.07, 6.45) is 4.01. The van der Waals surface area contributed by atoms with Crippen LogP contribution >= 0.6 is 11.3 Å². The highest BCUT2D eigenvalue weighted by molar-refractivity contribution is 7.10. The Morgan fingerprint density at radius 3 is 3.25 bits per heavy atom. The van der Waals surface area contributed by atoms with Crippen molar-refractivity contribution in [3.8, 4) is 0 Å². The maximum Gasteiger partial charge on any atom is 0.222 e. The van der Waals surface area contributed by atoms with Gasteiger partial charge in [0, 0.05) is 17.3 Å². The smallest absolute Gasteiger partial charge is 0.222 e. The van der Waals surface area contributed by atoms with E-state index in [0.717, 1.165) is 25.8 Å². The molecule has 1 aliphatic carbocycles. The van der Waals surface area contributed by atoms with Crippen LogP contribution in [0.4, 0.5) is 0 Å². The zero-order chi connectivity index (χ0) is 11.0. The monoisotopic (exact) mass is 236 g/mol. The van der Waals surface area contributed by atoms with Crippen molar-refractivity contribution in [2.45, 2.75) is 37.8 Å². The van der Waals surface area contributed by atoms with Gasteiger partial charge >= 0.3 is 0 Å². The Labute approximate surface area is 99.2 Å². The molecule has 4 heteroatoms. The van der Waals surface area contributed by atoms with E-state index in [9.17, 15) is 4.79 Å². The largest absolute Gasteiger partial charge is 0.353 e. The number of carbonyl (C=O) groups excluding carboxylic acids is 1. The minimum Gasteiger partial charge on any atom is -0.353 e. The number of fused-ring (bicyclic) bond motifs is 1. The van der Waals surface area contributed by atoms with Gasteiger partial charge in [0.2, 0.25) is 5.91 Å². The van der Waals surface area contributed by atoms with Gasteiger partial charge in [-0.2, -0.15) is 0 Å². The second kappa shape index (κ2) is 4.18. The molecule has 1 atom stereocenters. The predicted molar refractivity (Wildman–Crippen MR) is 64.5 cm³/mol. The summed E-state index contributed by atoms with van der Waals surface area (Å²) in [4.78, 5) is 13.1. The molecule has 2 heterocycles. The van der Waals surface area contributed by atoms with Gasteiger partial charge in [-0.05, 0) is 42.8 Å². The van der Waals surface area contributed by atoms with Gasteiger partial charge in [0.15, 0.2) is 0 Å². The Morgan fingerprint density at radius 2 is 2.44 bits per heavy atom. The summed E-state index contributed by atoms with van der Waals surface area (Å²) in [5.41, 5.74) is 1.42. The summed E-state index contributed by atoms with van der Waals surface area (Å²) in [7, 11) is 0. The lowest BCUT2D eigenvalue weighted by Crippen LogP contribution is -2.34. The maximum atomic E-state index is 11.7. The van der Waals surface area contributed by atoms with Crippen molar-refractivity contribution in [3.05, 3.63) is 21.9 Å². The Morgan fingerprint density at radius 1 is 1.56 bits per heavy atom. The van der Waals surface area contributed by atoms with Gasteiger partial charge in [0.1, 0.15) is 0 Å². The van der Waals surface area contributed by atoms with Crippen LogP contribution in [0.15, 0.2) is 11.4 Å². The molecular formula is C12H16N2OS. The maximum absolute atomic E-state index is 11.7. The van der Waals surface area contributed by atoms with Crippen molar-refractivity contribution >= 4 is 17.2 Å². The molecule has 3 rings (SSSR count). The first kappa shape index (κ1) is 10.3. The number of thiophene rings is 1. The number of hydrogen-bond donors (Lipinski definition) is 2. The van der Waals surface area contributed by atoms with Crippen molar-refractivity contribution in [2.75, 3.05) is 6.54 Å². The lowest BCUT2D eigenvalue weighted by atomic mass is 10.0. The van der Waals surface area contributed by atoms with Crippen LogP contribution in [0.1, 0.15) is 35.7 Å². The van der Waals surface area contributed by atoms with E-state index in [1.165, 1.54) is 10.4 Å². The Bertz CT molecular complexity index is 397. The van der Waals surface area contributed by atoms with Crippen molar-refractivity contribution in [1.29, 1.82) is 0 Å². The van der Waals surface area contributed by atoms with Gasteiger partial charge in [-0.3, -0.25) is 4.79 Å². The topological polar surface area (TPSA) is 41.1 Å². The van der Waals surface area contributed by atoms with E-state index in [-0.39, 0.29) is 11.9 Å². The van der Waals surface area contributed by atoms with Crippen LogP contribution in [0.2, 0.25) is 0 Å². The molecule has 1 saturated carbocycles. The average molecular weight is 236 g/mol. The summed E-state index contributed by atoms with van der Waals surface area (Å²) in [6, 6.07) is 2.90. The van der Waals surface area contributed by atoms with Gasteiger partial charge in [-0.25, -0.2) is 0 Å². The number of amides is 1. The van der Waals surface area contributed by atoms with E-state index in [1.54, 1.807) is 11.3 Å². The summed E-state index contributed by atoms with van der Waals surface area (Å²) < 4.78 is 0. The zero-order valence-corrected chi connectivity index (χ0v) is 9.98. The molecule has 0 spiro atoms. The minimum atomic E-state index is 0.196. The molecule has 1 aromatic heterocycles. The van der Waals surface area contributed by atoms with E-state index in [2.05, 4.69) is 22.1 Å². The molecule has 2 aliphatic rings. The number of carbonyl (C=O) groups is 1. The number of hydrogen-bond acceptors (Lipinski definition) is 3. The molecule has 0 saturated heterocycles. The Balaban J connectivity index is 1.65. The standard InChI is InChI=1S/C12H16N2OS/c15-11(14-9-1-2-9)7-10-12-8(3-5-13-10)4-6-16-12/h4,6,9-10,13H,1-3,5,7H2,(H,14,15). The molecule has 1 aromatic rings. The van der Waals surface area contributed by atoms with Gasteiger partial charge in [-0.1, -0.05) is 0 Å². The molecule has 1 unspecified atom stereocenters. The third kappa shape index (κ3) is 2.13. The van der Waals surface area contributed by atoms with E-state index in [0.29, 0.717) is 12.5 Å². The van der Waals surface area contributed by atoms with Gasteiger partial charge in [-0.15, -0.1) is 11.3 Å². The second-order valence-corrected chi connectivity index (χ2v) is 5.56. The van der Waals surface area contributed by atoms with Crippen LogP contribution in [0.3, 0.4) is 0 Å². The van der Waals surface area contributed by atoms with Crippen LogP contribution in [-0.4, -0.2) is 18.5 Å². The third-order valence-electron chi connectivity index (χ3n) is 3.21. The Hall–Kier alpha value is -0.870. The number of rotatable bonds is 3. The lowest BCUT2D eigenvalue weighted by Gasteiger charge is -2.23. The van der Waals surface area contributed by atoms with Crippen LogP contribution < -0.4 is 10.6 Å². The predicted octanol–water partition coefficient (Wildman–Crippen LogP) is 1.60. The zero-order valence-electron chi connectivity index (χ0n) is 9.16. The fourth-order valence-electron chi connectivity index (χ4n) is 2.20. The molecule has 3 nitrogen and oxygen atoms in total. The quantitative estimate of drug-likeness (QED) is 0.837. The van der Waals surface area contributed by atoms with Gasteiger partial charge in [0.05, 0.1) is 6.04 Å². The number of nitrogens with one attached hydrogen (secondary N) is 2. The highest BCUT2D eigenvalue weighted by Crippen LogP contribution is 2.30. The van der Waals surface area contributed by atoms with Crippen LogP contribution in [-0.2, 0) is 11.2 Å². The third-order valence-corrected chi connectivity index (χ3v) is 4.29. The summed E-state index contributed by atoms with van der Waals surface area (Å²) in [5, 5.41) is 8.61. The van der Waals surface area contributed by atoms with E-state index in [4.69, 9.17) is 0 Å². The van der Waals surface area contributed by atoms with Gasteiger partial charge < -0.3 is 10.6 Å². The normalized spacial score (nSPS) is 23.9. The first-order chi connectivity index (χ1) is 7.83. The Kier molecular flexibility index (Phi) is 2.69. The first-order valence-electron chi connectivity index (χ1n) is 5.92. The fraction of sp³-hybridized carbons (Fsp3) is 0.583. The molecule has 0 radical (unpaired) electrons. The van der Waals surface area contributed by atoms with E-state index in [1.807, 2.05) is 0 Å². The van der Waals surface area contributed by atoms with E-state index < -0.39 is 0 Å². The average Bonchev–Trinajstić information content (AvgIpc) is 2.94. The van der Waals surface area contributed by atoms with Crippen LogP contribution in [0, 0.1) is 0 Å². The first-order valence-corrected chi connectivity index (χ1v) is 6.80. The molecule has 0 bridgehead atoms. The highest BCUT2D eigenvalue weighted by atomic mass is 32.1. The summed E-state index contributed by atoms with van der Waals surface area (Å²) in [6.45, 7) is 0.991. The van der Waals surface area contributed by atoms with Crippen molar-refractivity contribution < 1.29 is 4.79 Å². The SMILES string of the molecule is O=C(CC1NCCc2ccsc21)NC1CC1. The molecule has 16 heavy (non-hydrogen) atoms. The van der Waals surface area contributed by atoms with Crippen LogP contribution in [0.25, 0.3) is 0 Å². The fourth-order valence-corrected chi connectivity index (χ4v) is 3.23. The van der Waals surface area contributed by atoms with Crippen LogP contribution in [0.5, 0.6) is 0 Å². The van der Waals surface area contributed by atoms with Crippen molar-refractivity contribution in [3.63, 3.8) is 0 Å². The summed E-state index contributed by atoms with van der Waals surface area (Å²) >= 11 is 1.77. The highest BCUT2D eigenvalue weighted by Gasteiger charge is 2.27. The van der Waals surface area contributed by atoms with Crippen molar-refractivity contribution in [1.82, 2.24) is 10.6 Å². The van der Waals surface area contributed by atoms with Gasteiger partial charge in [0.25, 0.3) is 0 Å². The summed E-state index contributed by atoms with van der Waals surface area (Å²) in [5.74, 6) is 0.196. The lowest BCUT2D eigenvalue weighted by molar-refractivity contribution is -0.121. The minimum absolute atomic E-state index is 0.196. The molecule has 1 fully saturated rings.